The van der Waals surface area contributed by atoms with Gasteiger partial charge in [-0.05, 0) is 13.3 Å². The molecule has 102 valence electrons. The van der Waals surface area contributed by atoms with Crippen molar-refractivity contribution in [3.63, 3.8) is 0 Å². The van der Waals surface area contributed by atoms with E-state index in [0.29, 0.717) is 0 Å². The Morgan fingerprint density at radius 2 is 2.39 bits per heavy atom. The summed E-state index contributed by atoms with van der Waals surface area (Å²) in [7, 11) is 0. The first-order valence-corrected chi connectivity index (χ1v) is 7.28. The van der Waals surface area contributed by atoms with Gasteiger partial charge in [-0.15, -0.1) is 11.3 Å². The lowest BCUT2D eigenvalue weighted by Gasteiger charge is -2.60. The van der Waals surface area contributed by atoms with Gasteiger partial charge < -0.3 is 15.2 Å². The van der Waals surface area contributed by atoms with Crippen LogP contribution >= 0.6 is 11.3 Å². The third-order valence-electron chi connectivity index (χ3n) is 4.29. The maximum atomic E-state index is 9.76. The molecule has 0 aliphatic heterocycles. The van der Waals surface area contributed by atoms with Gasteiger partial charge in [-0.3, -0.25) is 4.98 Å². The molecule has 2 rings (SSSR count). The molecule has 2 unspecified atom stereocenters. The summed E-state index contributed by atoms with van der Waals surface area (Å²) in [5.41, 5.74) is 1.54. The fourth-order valence-electron chi connectivity index (χ4n) is 2.69. The molecular formula is C13H22N2O2S. The predicted octanol–water partition coefficient (Wildman–Crippen LogP) is 1.80. The number of aliphatic hydroxyl groups excluding tert-OH is 1. The minimum absolute atomic E-state index is 0.0531. The Balaban J connectivity index is 2.00. The van der Waals surface area contributed by atoms with Crippen molar-refractivity contribution < 1.29 is 9.84 Å². The van der Waals surface area contributed by atoms with Crippen LogP contribution in [0.5, 0.6) is 0 Å². The van der Waals surface area contributed by atoms with Crippen molar-refractivity contribution in [3.05, 3.63) is 16.6 Å². The summed E-state index contributed by atoms with van der Waals surface area (Å²) in [6.45, 7) is 7.96. The molecule has 1 saturated carbocycles. The number of nitrogens with one attached hydrogen (secondary N) is 1. The van der Waals surface area contributed by atoms with Gasteiger partial charge in [-0.25, -0.2) is 0 Å². The molecular weight excluding hydrogens is 248 g/mol. The van der Waals surface area contributed by atoms with E-state index in [1.807, 2.05) is 18.6 Å². The predicted molar refractivity (Wildman–Crippen MR) is 72.6 cm³/mol. The highest BCUT2D eigenvalue weighted by molar-refractivity contribution is 7.09. The Bertz CT molecular complexity index is 380. The van der Waals surface area contributed by atoms with E-state index in [4.69, 9.17) is 4.74 Å². The number of ether oxygens (including phenoxy) is 1. The SMILES string of the molecule is CCOC1CC(CO)(NCc2cncs2)C1(C)C. The second-order valence-corrected chi connectivity index (χ2v) is 6.40. The summed E-state index contributed by atoms with van der Waals surface area (Å²) in [5.74, 6) is 0. The van der Waals surface area contributed by atoms with E-state index in [9.17, 15) is 5.11 Å². The molecule has 18 heavy (non-hydrogen) atoms. The minimum Gasteiger partial charge on any atom is -0.394 e. The monoisotopic (exact) mass is 270 g/mol. The van der Waals surface area contributed by atoms with Crippen LogP contribution in [0.4, 0.5) is 0 Å². The third kappa shape index (κ3) is 2.20. The topological polar surface area (TPSA) is 54.4 Å². The van der Waals surface area contributed by atoms with Gasteiger partial charge in [-0.2, -0.15) is 0 Å². The van der Waals surface area contributed by atoms with E-state index < -0.39 is 0 Å². The van der Waals surface area contributed by atoms with E-state index in [-0.39, 0.29) is 23.7 Å². The minimum atomic E-state index is -0.239. The summed E-state index contributed by atoms with van der Waals surface area (Å²) in [6, 6.07) is 0. The summed E-state index contributed by atoms with van der Waals surface area (Å²) < 4.78 is 5.73. The van der Waals surface area contributed by atoms with Crippen LogP contribution in [0.1, 0.15) is 32.1 Å². The Kier molecular flexibility index (Phi) is 4.06. The fourth-order valence-corrected chi connectivity index (χ4v) is 3.22. The molecule has 1 aromatic rings. The molecule has 1 aromatic heterocycles. The fraction of sp³-hybridized carbons (Fsp3) is 0.769. The first kappa shape index (κ1) is 13.9. The van der Waals surface area contributed by atoms with E-state index in [0.717, 1.165) is 19.6 Å². The van der Waals surface area contributed by atoms with Crippen molar-refractivity contribution in [2.45, 2.75) is 45.4 Å². The summed E-state index contributed by atoms with van der Waals surface area (Å²) in [6.07, 6.45) is 2.96. The van der Waals surface area contributed by atoms with Gasteiger partial charge in [0.2, 0.25) is 0 Å². The maximum Gasteiger partial charge on any atom is 0.0794 e. The van der Waals surface area contributed by atoms with E-state index >= 15 is 0 Å². The number of aliphatic hydroxyl groups is 1. The van der Waals surface area contributed by atoms with Gasteiger partial charge in [0.15, 0.2) is 0 Å². The molecule has 1 aliphatic carbocycles. The first-order chi connectivity index (χ1) is 8.55. The molecule has 4 nitrogen and oxygen atoms in total. The Labute approximate surface area is 112 Å². The Hall–Kier alpha value is -0.490. The van der Waals surface area contributed by atoms with Crippen molar-refractivity contribution in [2.75, 3.05) is 13.2 Å². The van der Waals surface area contributed by atoms with Crippen molar-refractivity contribution in [1.82, 2.24) is 10.3 Å². The Morgan fingerprint density at radius 3 is 2.89 bits per heavy atom. The van der Waals surface area contributed by atoms with Crippen LogP contribution in [0.15, 0.2) is 11.7 Å². The van der Waals surface area contributed by atoms with Gasteiger partial charge in [-0.1, -0.05) is 13.8 Å². The van der Waals surface area contributed by atoms with Crippen molar-refractivity contribution in [1.29, 1.82) is 0 Å². The van der Waals surface area contributed by atoms with Gasteiger partial charge in [0, 0.05) is 29.6 Å². The van der Waals surface area contributed by atoms with Gasteiger partial charge >= 0.3 is 0 Å². The van der Waals surface area contributed by atoms with Gasteiger partial charge in [0.1, 0.15) is 0 Å². The second kappa shape index (κ2) is 5.25. The van der Waals surface area contributed by atoms with Gasteiger partial charge in [0.25, 0.3) is 0 Å². The number of nitrogens with zero attached hydrogens (tertiary/aromatic N) is 1. The Morgan fingerprint density at radius 1 is 1.61 bits per heavy atom. The van der Waals surface area contributed by atoms with Crippen LogP contribution in [0.3, 0.4) is 0 Å². The van der Waals surface area contributed by atoms with Crippen molar-refractivity contribution in [2.24, 2.45) is 5.41 Å². The van der Waals surface area contributed by atoms with Crippen molar-refractivity contribution in [3.8, 4) is 0 Å². The first-order valence-electron chi connectivity index (χ1n) is 6.40. The lowest BCUT2D eigenvalue weighted by molar-refractivity contribution is -0.177. The molecule has 2 atom stereocenters. The lowest BCUT2D eigenvalue weighted by Crippen LogP contribution is -2.73. The van der Waals surface area contributed by atoms with Crippen LogP contribution in [-0.4, -0.2) is 34.9 Å². The lowest BCUT2D eigenvalue weighted by atomic mass is 9.54. The molecule has 5 heteroatoms. The highest BCUT2D eigenvalue weighted by Gasteiger charge is 2.60. The molecule has 1 fully saturated rings. The number of aromatic nitrogens is 1. The quantitative estimate of drug-likeness (QED) is 0.827. The summed E-state index contributed by atoms with van der Waals surface area (Å²) in [4.78, 5) is 5.26. The van der Waals surface area contributed by atoms with Crippen LogP contribution in [0.2, 0.25) is 0 Å². The summed E-state index contributed by atoms with van der Waals surface area (Å²) >= 11 is 1.63. The van der Waals surface area contributed by atoms with E-state index in [2.05, 4.69) is 24.1 Å². The normalized spacial score (nSPS) is 30.1. The number of hydrogen-bond acceptors (Lipinski definition) is 5. The van der Waals surface area contributed by atoms with Crippen LogP contribution in [0.25, 0.3) is 0 Å². The molecule has 0 amide bonds. The highest BCUT2D eigenvalue weighted by Crippen LogP contribution is 2.51. The van der Waals surface area contributed by atoms with E-state index in [1.165, 1.54) is 4.88 Å². The standard InChI is InChI=1S/C13H22N2O2S/c1-4-17-11-5-13(8-16,12(11,2)3)15-7-10-6-14-9-18-10/h6,9,11,15-16H,4-5,7-8H2,1-3H3. The molecule has 1 heterocycles. The molecule has 0 aromatic carbocycles. The average molecular weight is 270 g/mol. The largest absolute Gasteiger partial charge is 0.394 e. The number of thiazole rings is 1. The molecule has 0 saturated heterocycles. The third-order valence-corrected chi connectivity index (χ3v) is 5.07. The molecule has 1 aliphatic rings. The molecule has 0 radical (unpaired) electrons. The van der Waals surface area contributed by atoms with Crippen molar-refractivity contribution >= 4 is 11.3 Å². The van der Waals surface area contributed by atoms with Crippen LogP contribution < -0.4 is 5.32 Å². The average Bonchev–Trinajstić information content (AvgIpc) is 2.86. The molecule has 2 N–H and O–H groups in total. The van der Waals surface area contributed by atoms with E-state index in [1.54, 1.807) is 11.3 Å². The zero-order valence-corrected chi connectivity index (χ0v) is 12.1. The smallest absolute Gasteiger partial charge is 0.0794 e. The zero-order valence-electron chi connectivity index (χ0n) is 11.3. The molecule has 0 spiro atoms. The number of rotatable bonds is 6. The maximum absolute atomic E-state index is 9.76. The van der Waals surface area contributed by atoms with Gasteiger partial charge in [0.05, 0.1) is 23.8 Å². The number of hydrogen-bond donors (Lipinski definition) is 2. The zero-order chi connectivity index (χ0) is 13.2. The molecule has 0 bridgehead atoms. The van der Waals surface area contributed by atoms with Crippen LogP contribution in [-0.2, 0) is 11.3 Å². The second-order valence-electron chi connectivity index (χ2n) is 5.43. The highest BCUT2D eigenvalue weighted by atomic mass is 32.1. The van der Waals surface area contributed by atoms with Crippen LogP contribution in [0, 0.1) is 5.41 Å². The summed E-state index contributed by atoms with van der Waals surface area (Å²) in [5, 5.41) is 13.3.